The van der Waals surface area contributed by atoms with Crippen molar-refractivity contribution in [2.24, 2.45) is 5.73 Å². The summed E-state index contributed by atoms with van der Waals surface area (Å²) in [5.41, 5.74) is 6.86. The van der Waals surface area contributed by atoms with Crippen LogP contribution in [0.3, 0.4) is 0 Å². The lowest BCUT2D eigenvalue weighted by Gasteiger charge is -2.22. The highest BCUT2D eigenvalue weighted by Gasteiger charge is 2.27. The third kappa shape index (κ3) is 3.53. The fourth-order valence-electron chi connectivity index (χ4n) is 1.24. The van der Waals surface area contributed by atoms with Gasteiger partial charge in [0.2, 0.25) is 5.91 Å². The van der Waals surface area contributed by atoms with E-state index in [0.29, 0.717) is 12.1 Å². The molecule has 0 radical (unpaired) electrons. The zero-order valence-electron chi connectivity index (χ0n) is 10.1. The molecular weight excluding hydrogens is 348 g/mol. The molecule has 1 unspecified atom stereocenters. The molecule has 0 aliphatic heterocycles. The summed E-state index contributed by atoms with van der Waals surface area (Å²) in [6.07, 6.45) is 0.583. The molecule has 17 heavy (non-hydrogen) atoms. The topological polar surface area (TPSA) is 55.1 Å². The van der Waals surface area contributed by atoms with Gasteiger partial charge in [0.1, 0.15) is 0 Å². The molecule has 94 valence electrons. The Bertz CT molecular complexity index is 421. The summed E-state index contributed by atoms with van der Waals surface area (Å²) in [5.74, 6) is -0.190. The Kier molecular flexibility index (Phi) is 4.75. The van der Waals surface area contributed by atoms with Crippen LogP contribution in [-0.4, -0.2) is 11.4 Å². The third-order valence-corrected chi connectivity index (χ3v) is 3.93. The minimum absolute atomic E-state index is 0.190. The molecular formula is C12H16Br2N2O. The molecule has 0 saturated carbocycles. The van der Waals surface area contributed by atoms with Gasteiger partial charge in [0.15, 0.2) is 0 Å². The zero-order chi connectivity index (χ0) is 13.2. The molecule has 1 aromatic carbocycles. The number of carbonyl (C=O) groups excluding carboxylic acids is 1. The van der Waals surface area contributed by atoms with Crippen LogP contribution in [0.25, 0.3) is 0 Å². The summed E-state index contributed by atoms with van der Waals surface area (Å²) >= 11 is 6.86. The van der Waals surface area contributed by atoms with Crippen molar-refractivity contribution in [2.45, 2.75) is 32.7 Å². The van der Waals surface area contributed by atoms with E-state index in [1.165, 1.54) is 0 Å². The molecule has 0 spiro atoms. The number of anilines is 1. The van der Waals surface area contributed by atoms with Gasteiger partial charge < -0.3 is 11.1 Å². The lowest BCUT2D eigenvalue weighted by atomic mass is 9.99. The van der Waals surface area contributed by atoms with Crippen LogP contribution in [0.15, 0.2) is 21.1 Å². The third-order valence-electron chi connectivity index (χ3n) is 2.68. The number of hydrogen-bond acceptors (Lipinski definition) is 2. The molecule has 1 aromatic rings. The maximum atomic E-state index is 12.0. The molecule has 3 N–H and O–H groups in total. The van der Waals surface area contributed by atoms with Crippen molar-refractivity contribution < 1.29 is 4.79 Å². The van der Waals surface area contributed by atoms with Gasteiger partial charge >= 0.3 is 0 Å². The van der Waals surface area contributed by atoms with Crippen molar-refractivity contribution in [3.05, 3.63) is 26.6 Å². The van der Waals surface area contributed by atoms with Gasteiger partial charge in [-0.1, -0.05) is 6.92 Å². The van der Waals surface area contributed by atoms with E-state index in [2.05, 4.69) is 37.2 Å². The van der Waals surface area contributed by atoms with E-state index >= 15 is 0 Å². The van der Waals surface area contributed by atoms with E-state index in [4.69, 9.17) is 5.73 Å². The highest BCUT2D eigenvalue weighted by atomic mass is 79.9. The van der Waals surface area contributed by atoms with Gasteiger partial charge in [-0.15, -0.1) is 0 Å². The lowest BCUT2D eigenvalue weighted by Crippen LogP contribution is -2.47. The van der Waals surface area contributed by atoms with Crippen molar-refractivity contribution >= 4 is 43.5 Å². The van der Waals surface area contributed by atoms with E-state index in [9.17, 15) is 4.79 Å². The fraction of sp³-hybridized carbons (Fsp3) is 0.417. The second kappa shape index (κ2) is 5.50. The van der Waals surface area contributed by atoms with Crippen LogP contribution in [0.2, 0.25) is 0 Å². The first-order chi connectivity index (χ1) is 7.77. The van der Waals surface area contributed by atoms with E-state index in [1.54, 1.807) is 6.92 Å². The molecule has 0 bridgehead atoms. The summed E-state index contributed by atoms with van der Waals surface area (Å²) in [6, 6.07) is 3.89. The van der Waals surface area contributed by atoms with Gasteiger partial charge in [-0.25, -0.2) is 0 Å². The predicted molar refractivity (Wildman–Crippen MR) is 78.1 cm³/mol. The van der Waals surface area contributed by atoms with Crippen LogP contribution < -0.4 is 11.1 Å². The highest BCUT2D eigenvalue weighted by Crippen LogP contribution is 2.32. The molecule has 3 nitrogen and oxygen atoms in total. The number of nitrogens with one attached hydrogen (secondary N) is 1. The Morgan fingerprint density at radius 2 is 1.88 bits per heavy atom. The largest absolute Gasteiger partial charge is 0.323 e. The van der Waals surface area contributed by atoms with Crippen molar-refractivity contribution in [2.75, 3.05) is 5.32 Å². The van der Waals surface area contributed by atoms with Crippen molar-refractivity contribution in [1.29, 1.82) is 0 Å². The summed E-state index contributed by atoms with van der Waals surface area (Å²) < 4.78 is 1.68. The van der Waals surface area contributed by atoms with Crippen LogP contribution in [0.5, 0.6) is 0 Å². The molecule has 0 aliphatic carbocycles. The van der Waals surface area contributed by atoms with Crippen LogP contribution >= 0.6 is 31.9 Å². The number of rotatable bonds is 3. The van der Waals surface area contributed by atoms with Gasteiger partial charge in [0.05, 0.1) is 11.2 Å². The first-order valence-corrected chi connectivity index (χ1v) is 6.92. The minimum atomic E-state index is -0.857. The second-order valence-corrected chi connectivity index (χ2v) is 6.04. The van der Waals surface area contributed by atoms with Crippen LogP contribution in [0, 0.1) is 6.92 Å². The zero-order valence-corrected chi connectivity index (χ0v) is 13.3. The van der Waals surface area contributed by atoms with Crippen LogP contribution in [-0.2, 0) is 4.79 Å². The average molecular weight is 364 g/mol. The summed E-state index contributed by atoms with van der Waals surface area (Å²) in [5, 5.41) is 2.84. The Morgan fingerprint density at radius 3 is 2.29 bits per heavy atom. The number of nitrogens with two attached hydrogens (primary N) is 1. The maximum Gasteiger partial charge on any atom is 0.244 e. The molecule has 0 aromatic heterocycles. The maximum absolute atomic E-state index is 12.0. The molecule has 5 heteroatoms. The van der Waals surface area contributed by atoms with Gasteiger partial charge in [-0.3, -0.25) is 4.79 Å². The molecule has 0 saturated heterocycles. The van der Waals surface area contributed by atoms with Crippen LogP contribution in [0.4, 0.5) is 5.69 Å². The normalized spacial score (nSPS) is 14.2. The molecule has 1 rings (SSSR count). The van der Waals surface area contributed by atoms with Crippen molar-refractivity contribution in [3.8, 4) is 0 Å². The van der Waals surface area contributed by atoms with E-state index in [1.807, 2.05) is 26.0 Å². The van der Waals surface area contributed by atoms with Gasteiger partial charge in [0, 0.05) is 8.95 Å². The molecule has 1 atom stereocenters. The molecule has 1 amide bonds. The Hall–Kier alpha value is -0.390. The number of aryl methyl sites for hydroxylation is 1. The van der Waals surface area contributed by atoms with Gasteiger partial charge in [-0.05, 0) is 69.8 Å². The van der Waals surface area contributed by atoms with Crippen molar-refractivity contribution in [1.82, 2.24) is 0 Å². The van der Waals surface area contributed by atoms with Crippen LogP contribution in [0.1, 0.15) is 25.8 Å². The quantitative estimate of drug-likeness (QED) is 0.862. The van der Waals surface area contributed by atoms with E-state index in [-0.39, 0.29) is 5.91 Å². The molecule has 0 aliphatic rings. The molecule has 0 heterocycles. The number of carbonyl (C=O) groups is 1. The summed E-state index contributed by atoms with van der Waals surface area (Å²) in [7, 11) is 0. The van der Waals surface area contributed by atoms with E-state index in [0.717, 1.165) is 14.5 Å². The second-order valence-electron chi connectivity index (χ2n) is 4.33. The fourth-order valence-corrected chi connectivity index (χ4v) is 2.85. The predicted octanol–water partition coefficient (Wildman–Crippen LogP) is 3.59. The minimum Gasteiger partial charge on any atom is -0.323 e. The Morgan fingerprint density at radius 1 is 1.41 bits per heavy atom. The smallest absolute Gasteiger partial charge is 0.244 e. The number of amides is 1. The Balaban J connectivity index is 3.01. The highest BCUT2D eigenvalue weighted by molar-refractivity contribution is 9.11. The standard InChI is InChI=1S/C12H16Br2N2O/c1-4-12(3,15)11(17)16-10-8(13)5-7(2)6-9(10)14/h5-6H,4,15H2,1-3H3,(H,16,17). The monoisotopic (exact) mass is 362 g/mol. The number of halogens is 2. The molecule has 0 fully saturated rings. The number of benzene rings is 1. The van der Waals surface area contributed by atoms with Crippen molar-refractivity contribution in [3.63, 3.8) is 0 Å². The van der Waals surface area contributed by atoms with E-state index < -0.39 is 5.54 Å². The SMILES string of the molecule is CCC(C)(N)C(=O)Nc1c(Br)cc(C)cc1Br. The average Bonchev–Trinajstić information content (AvgIpc) is 2.22. The summed E-state index contributed by atoms with van der Waals surface area (Å²) in [6.45, 7) is 5.59. The lowest BCUT2D eigenvalue weighted by molar-refractivity contribution is -0.120. The Labute approximate surface area is 118 Å². The van der Waals surface area contributed by atoms with Gasteiger partial charge in [-0.2, -0.15) is 0 Å². The number of hydrogen-bond donors (Lipinski definition) is 2. The first kappa shape index (κ1) is 14.7. The first-order valence-electron chi connectivity index (χ1n) is 5.34. The van der Waals surface area contributed by atoms with Gasteiger partial charge in [0.25, 0.3) is 0 Å². The summed E-state index contributed by atoms with van der Waals surface area (Å²) in [4.78, 5) is 12.0.